The van der Waals surface area contributed by atoms with E-state index in [2.05, 4.69) is 0 Å². The summed E-state index contributed by atoms with van der Waals surface area (Å²) in [6, 6.07) is 16.7. The number of fused-ring (bicyclic) bond motifs is 2. The number of rotatable bonds is 5. The summed E-state index contributed by atoms with van der Waals surface area (Å²) in [7, 11) is 2.89. The van der Waals surface area contributed by atoms with Gasteiger partial charge < -0.3 is 18.9 Å². The fraction of sp³-hybridized carbons (Fsp3) is 0.154. The Bertz CT molecular complexity index is 1360. The molecule has 0 bridgehead atoms. The number of aldehydes is 1. The van der Waals surface area contributed by atoms with Crippen molar-refractivity contribution in [2.45, 2.75) is 0 Å². The quantitative estimate of drug-likeness (QED) is 0.420. The van der Waals surface area contributed by atoms with Gasteiger partial charge in [-0.2, -0.15) is 0 Å². The van der Waals surface area contributed by atoms with Crippen molar-refractivity contribution < 1.29 is 28.5 Å². The predicted molar refractivity (Wildman–Crippen MR) is 123 cm³/mol. The van der Waals surface area contributed by atoms with Gasteiger partial charge in [-0.3, -0.25) is 14.2 Å². The van der Waals surface area contributed by atoms with Crippen LogP contribution in [0.3, 0.4) is 0 Å². The molecule has 0 radical (unpaired) electrons. The molecule has 166 valence electrons. The van der Waals surface area contributed by atoms with Gasteiger partial charge in [-0.05, 0) is 47.5 Å². The molecule has 0 spiro atoms. The van der Waals surface area contributed by atoms with Crippen LogP contribution >= 0.6 is 0 Å². The Labute approximate surface area is 190 Å². The van der Waals surface area contributed by atoms with Crippen molar-refractivity contribution in [3.63, 3.8) is 0 Å². The predicted octanol–water partition coefficient (Wildman–Crippen LogP) is 4.60. The van der Waals surface area contributed by atoms with Gasteiger partial charge in [0, 0.05) is 17.1 Å². The van der Waals surface area contributed by atoms with Crippen molar-refractivity contribution in [1.29, 1.82) is 0 Å². The van der Waals surface area contributed by atoms with E-state index in [-0.39, 0.29) is 23.0 Å². The van der Waals surface area contributed by atoms with Gasteiger partial charge in [-0.15, -0.1) is 0 Å². The van der Waals surface area contributed by atoms with Crippen LogP contribution in [0.1, 0.15) is 20.7 Å². The van der Waals surface area contributed by atoms with E-state index in [1.807, 2.05) is 42.5 Å². The molecule has 0 amide bonds. The van der Waals surface area contributed by atoms with E-state index in [0.717, 1.165) is 27.8 Å². The standard InChI is InChI=1S/C26H21NO6/c1-30-23-13-17(14-24(31-2)20(23)15-28)26(29)27-9-8-19-18(4-3-5-21(19)27)16-6-7-22-25(12-16)33-11-10-32-22/h3-9,12-15H,10-11H2,1-2H3. The molecule has 0 atom stereocenters. The number of ether oxygens (including phenoxy) is 4. The minimum atomic E-state index is -0.265. The average Bonchev–Trinajstić information content (AvgIpc) is 3.31. The lowest BCUT2D eigenvalue weighted by atomic mass is 10.0. The summed E-state index contributed by atoms with van der Waals surface area (Å²) >= 11 is 0. The molecule has 5 rings (SSSR count). The van der Waals surface area contributed by atoms with Crippen LogP contribution in [0, 0.1) is 0 Å². The molecule has 7 nitrogen and oxygen atoms in total. The smallest absolute Gasteiger partial charge is 0.262 e. The van der Waals surface area contributed by atoms with Crippen molar-refractivity contribution in [3.05, 3.63) is 71.9 Å². The molecule has 2 heterocycles. The summed E-state index contributed by atoms with van der Waals surface area (Å²) in [5, 5.41) is 0.922. The van der Waals surface area contributed by atoms with E-state index in [0.29, 0.717) is 30.8 Å². The zero-order valence-electron chi connectivity index (χ0n) is 18.2. The van der Waals surface area contributed by atoms with Gasteiger partial charge in [0.1, 0.15) is 24.7 Å². The molecule has 7 heteroatoms. The molecule has 33 heavy (non-hydrogen) atoms. The minimum Gasteiger partial charge on any atom is -0.496 e. The molecule has 3 aromatic carbocycles. The minimum absolute atomic E-state index is 0.259. The van der Waals surface area contributed by atoms with Crippen molar-refractivity contribution in [1.82, 2.24) is 4.57 Å². The molecule has 0 fully saturated rings. The highest BCUT2D eigenvalue weighted by Crippen LogP contribution is 2.37. The van der Waals surface area contributed by atoms with E-state index >= 15 is 0 Å². The number of hydrogen-bond acceptors (Lipinski definition) is 6. The molecule has 0 saturated carbocycles. The largest absolute Gasteiger partial charge is 0.496 e. The van der Waals surface area contributed by atoms with Gasteiger partial charge in [-0.25, -0.2) is 0 Å². The Morgan fingerprint density at radius 2 is 1.67 bits per heavy atom. The van der Waals surface area contributed by atoms with Crippen LogP contribution in [0.25, 0.3) is 22.0 Å². The summed E-state index contributed by atoms with van der Waals surface area (Å²) in [4.78, 5) is 24.9. The van der Waals surface area contributed by atoms with Crippen molar-refractivity contribution >= 4 is 23.1 Å². The third-order valence-electron chi connectivity index (χ3n) is 5.71. The van der Waals surface area contributed by atoms with Crippen LogP contribution in [-0.4, -0.2) is 44.2 Å². The summed E-state index contributed by atoms with van der Waals surface area (Å²) in [5.74, 6) is 1.73. The highest BCUT2D eigenvalue weighted by atomic mass is 16.6. The van der Waals surface area contributed by atoms with Gasteiger partial charge in [0.05, 0.1) is 25.3 Å². The normalized spacial score (nSPS) is 12.4. The van der Waals surface area contributed by atoms with Gasteiger partial charge in [0.2, 0.25) is 0 Å². The zero-order valence-corrected chi connectivity index (χ0v) is 18.2. The summed E-state index contributed by atoms with van der Waals surface area (Å²) in [6.07, 6.45) is 2.39. The van der Waals surface area contributed by atoms with E-state index in [4.69, 9.17) is 18.9 Å². The van der Waals surface area contributed by atoms with Gasteiger partial charge in [0.25, 0.3) is 5.91 Å². The lowest BCUT2D eigenvalue weighted by molar-refractivity contribution is 0.0963. The second-order valence-corrected chi connectivity index (χ2v) is 7.50. The summed E-state index contributed by atoms with van der Waals surface area (Å²) in [5.41, 5.74) is 3.30. The van der Waals surface area contributed by atoms with Crippen LogP contribution < -0.4 is 18.9 Å². The van der Waals surface area contributed by atoms with Gasteiger partial charge in [-0.1, -0.05) is 18.2 Å². The molecule has 0 aliphatic carbocycles. The fourth-order valence-corrected chi connectivity index (χ4v) is 4.12. The van der Waals surface area contributed by atoms with E-state index in [9.17, 15) is 9.59 Å². The molecule has 1 aromatic heterocycles. The Morgan fingerprint density at radius 3 is 2.36 bits per heavy atom. The number of nitrogens with zero attached hydrogens (tertiary/aromatic N) is 1. The molecule has 0 saturated heterocycles. The SMILES string of the molecule is COc1cc(C(=O)n2ccc3c(-c4ccc5c(c4)OCCO5)cccc32)cc(OC)c1C=O. The number of carbonyl (C=O) groups is 2. The first-order valence-corrected chi connectivity index (χ1v) is 10.4. The van der Waals surface area contributed by atoms with Crippen LogP contribution in [0.4, 0.5) is 0 Å². The number of benzene rings is 3. The Balaban J connectivity index is 1.59. The van der Waals surface area contributed by atoms with Crippen LogP contribution in [0.5, 0.6) is 23.0 Å². The Kier molecular flexibility index (Phi) is 5.22. The molecule has 4 aromatic rings. The Morgan fingerprint density at radius 1 is 0.939 bits per heavy atom. The maximum atomic E-state index is 13.4. The molecular formula is C26H21NO6. The molecule has 0 N–H and O–H groups in total. The summed E-state index contributed by atoms with van der Waals surface area (Å²) < 4.78 is 23.5. The molecule has 0 unspecified atom stereocenters. The van der Waals surface area contributed by atoms with Gasteiger partial charge in [0.15, 0.2) is 17.8 Å². The third kappa shape index (κ3) is 3.47. The number of methoxy groups -OCH3 is 2. The van der Waals surface area contributed by atoms with Crippen LogP contribution in [-0.2, 0) is 0 Å². The first kappa shape index (κ1) is 20.6. The maximum Gasteiger partial charge on any atom is 0.262 e. The highest BCUT2D eigenvalue weighted by molar-refractivity contribution is 6.06. The van der Waals surface area contributed by atoms with Gasteiger partial charge >= 0.3 is 0 Å². The number of hydrogen-bond donors (Lipinski definition) is 0. The number of carbonyl (C=O) groups excluding carboxylic acids is 2. The lowest BCUT2D eigenvalue weighted by Gasteiger charge is -2.19. The van der Waals surface area contributed by atoms with E-state index in [1.54, 1.807) is 22.9 Å². The first-order chi connectivity index (χ1) is 16.1. The topological polar surface area (TPSA) is 76.0 Å². The molecular weight excluding hydrogens is 422 g/mol. The third-order valence-corrected chi connectivity index (χ3v) is 5.71. The van der Waals surface area contributed by atoms with Crippen molar-refractivity contribution in [3.8, 4) is 34.1 Å². The van der Waals surface area contributed by atoms with E-state index in [1.165, 1.54) is 14.2 Å². The monoisotopic (exact) mass is 443 g/mol. The second kappa shape index (κ2) is 8.35. The Hall–Kier alpha value is -4.26. The van der Waals surface area contributed by atoms with Crippen LogP contribution in [0.2, 0.25) is 0 Å². The lowest BCUT2D eigenvalue weighted by Crippen LogP contribution is -2.15. The molecule has 1 aliphatic heterocycles. The van der Waals surface area contributed by atoms with Crippen molar-refractivity contribution in [2.24, 2.45) is 0 Å². The average molecular weight is 443 g/mol. The second-order valence-electron chi connectivity index (χ2n) is 7.50. The maximum absolute atomic E-state index is 13.4. The highest BCUT2D eigenvalue weighted by Gasteiger charge is 2.20. The zero-order chi connectivity index (χ0) is 22.9. The van der Waals surface area contributed by atoms with E-state index < -0.39 is 0 Å². The molecule has 1 aliphatic rings. The number of aromatic nitrogens is 1. The van der Waals surface area contributed by atoms with Crippen molar-refractivity contribution in [2.75, 3.05) is 27.4 Å². The summed E-state index contributed by atoms with van der Waals surface area (Å²) in [6.45, 7) is 1.05. The fourth-order valence-electron chi connectivity index (χ4n) is 4.12. The first-order valence-electron chi connectivity index (χ1n) is 10.4. The van der Waals surface area contributed by atoms with Crippen LogP contribution in [0.15, 0.2) is 60.8 Å².